The fraction of sp³-hybridized carbons (Fsp3) is 0.444. The van der Waals surface area contributed by atoms with E-state index in [4.69, 9.17) is 5.26 Å². The Labute approximate surface area is 204 Å². The highest BCUT2D eigenvalue weighted by atomic mass is 19.1. The summed E-state index contributed by atoms with van der Waals surface area (Å²) in [5.41, 5.74) is 1.70. The van der Waals surface area contributed by atoms with E-state index in [1.54, 1.807) is 6.07 Å². The number of nitrogens with zero attached hydrogens (tertiary/aromatic N) is 3. The smallest absolute Gasteiger partial charge is 0.255 e. The zero-order valence-electron chi connectivity index (χ0n) is 20.1. The van der Waals surface area contributed by atoms with Gasteiger partial charge in [-0.15, -0.1) is 0 Å². The van der Waals surface area contributed by atoms with Crippen molar-refractivity contribution in [3.63, 3.8) is 0 Å². The normalized spacial score (nSPS) is 18.9. The number of carbonyl (C=O) groups excluding carboxylic acids is 2. The second-order valence-corrected chi connectivity index (χ2v) is 9.60. The maximum atomic E-state index is 14.5. The van der Waals surface area contributed by atoms with Crippen LogP contribution >= 0.6 is 0 Å². The minimum absolute atomic E-state index is 0.0812. The third kappa shape index (κ3) is 5.51. The van der Waals surface area contributed by atoms with E-state index < -0.39 is 17.5 Å². The Morgan fingerprint density at radius 1 is 1.14 bits per heavy atom. The van der Waals surface area contributed by atoms with Gasteiger partial charge in [0.25, 0.3) is 5.91 Å². The molecule has 1 atom stereocenters. The van der Waals surface area contributed by atoms with Crippen LogP contribution in [0.4, 0.5) is 14.5 Å². The molecule has 0 bridgehead atoms. The first kappa shape index (κ1) is 24.8. The Morgan fingerprint density at radius 2 is 1.89 bits per heavy atom. The summed E-state index contributed by atoms with van der Waals surface area (Å²) < 4.78 is 28.1. The van der Waals surface area contributed by atoms with E-state index in [2.05, 4.69) is 17.1 Å². The third-order valence-corrected chi connectivity index (χ3v) is 7.17. The predicted octanol–water partition coefficient (Wildman–Crippen LogP) is 4.62. The number of amides is 2. The van der Waals surface area contributed by atoms with E-state index in [0.717, 1.165) is 42.9 Å². The van der Waals surface area contributed by atoms with Gasteiger partial charge in [0.15, 0.2) is 0 Å². The van der Waals surface area contributed by atoms with E-state index in [9.17, 15) is 18.4 Å². The average Bonchev–Trinajstić information content (AvgIpc) is 3.37. The van der Waals surface area contributed by atoms with E-state index in [1.807, 2.05) is 11.8 Å². The molecule has 2 aromatic rings. The number of piperazine rings is 1. The zero-order chi connectivity index (χ0) is 25.1. The lowest BCUT2D eigenvalue weighted by atomic mass is 10.0. The maximum absolute atomic E-state index is 14.5. The molecule has 35 heavy (non-hydrogen) atoms. The van der Waals surface area contributed by atoms with E-state index in [1.165, 1.54) is 24.3 Å². The first-order valence-electron chi connectivity index (χ1n) is 12.1. The molecule has 1 aliphatic heterocycles. The molecule has 0 unspecified atom stereocenters. The second-order valence-electron chi connectivity index (χ2n) is 9.60. The molecule has 0 aromatic heterocycles. The van der Waals surface area contributed by atoms with E-state index >= 15 is 0 Å². The molecular weight excluding hydrogens is 450 g/mol. The molecule has 0 radical (unpaired) electrons. The van der Waals surface area contributed by atoms with Crippen LogP contribution in [-0.2, 0) is 11.3 Å². The largest absolute Gasteiger partial charge is 0.337 e. The summed E-state index contributed by atoms with van der Waals surface area (Å²) in [6, 6.07) is 8.05. The van der Waals surface area contributed by atoms with Crippen LogP contribution in [0.3, 0.4) is 0 Å². The fourth-order valence-corrected chi connectivity index (χ4v) is 5.13. The molecule has 4 rings (SSSR count). The second kappa shape index (κ2) is 10.5. The molecule has 1 heterocycles. The monoisotopic (exact) mass is 480 g/mol. The summed E-state index contributed by atoms with van der Waals surface area (Å²) in [6.07, 6.45) is 4.23. The SMILES string of the molecule is Cc1c(CN2CCN(C(=O)C3CCCC3)[C@@H](C)C2)cc(F)cc1NC(=O)c1ccc(F)c(C#N)c1. The first-order valence-corrected chi connectivity index (χ1v) is 12.1. The average molecular weight is 481 g/mol. The molecular formula is C27H30F2N4O2. The highest BCUT2D eigenvalue weighted by molar-refractivity contribution is 6.05. The van der Waals surface area contributed by atoms with Gasteiger partial charge < -0.3 is 10.2 Å². The number of anilines is 1. The van der Waals surface area contributed by atoms with Crippen molar-refractivity contribution in [1.29, 1.82) is 5.26 Å². The Bertz CT molecular complexity index is 1170. The molecule has 2 aromatic carbocycles. The van der Waals surface area contributed by atoms with Crippen LogP contribution in [0.15, 0.2) is 30.3 Å². The van der Waals surface area contributed by atoms with Crippen LogP contribution in [0.2, 0.25) is 0 Å². The number of halogens is 2. The molecule has 2 amide bonds. The lowest BCUT2D eigenvalue weighted by Crippen LogP contribution is -2.54. The summed E-state index contributed by atoms with van der Waals surface area (Å²) >= 11 is 0. The number of hydrogen-bond acceptors (Lipinski definition) is 4. The molecule has 1 N–H and O–H groups in total. The summed E-state index contributed by atoms with van der Waals surface area (Å²) in [5.74, 6) is -1.30. The van der Waals surface area contributed by atoms with Crippen LogP contribution in [0.1, 0.15) is 59.7 Å². The Morgan fingerprint density at radius 3 is 2.57 bits per heavy atom. The van der Waals surface area contributed by atoms with Gasteiger partial charge in [-0.25, -0.2) is 8.78 Å². The van der Waals surface area contributed by atoms with Crippen LogP contribution < -0.4 is 5.32 Å². The van der Waals surface area contributed by atoms with Gasteiger partial charge >= 0.3 is 0 Å². The number of nitrogens with one attached hydrogen (secondary N) is 1. The van der Waals surface area contributed by atoms with Crippen molar-refractivity contribution in [3.05, 3.63) is 64.2 Å². The van der Waals surface area contributed by atoms with Gasteiger partial charge in [-0.05, 0) is 68.1 Å². The van der Waals surface area contributed by atoms with Gasteiger partial charge in [-0.1, -0.05) is 12.8 Å². The quantitative estimate of drug-likeness (QED) is 0.678. The van der Waals surface area contributed by atoms with Crippen LogP contribution in [0.5, 0.6) is 0 Å². The number of benzene rings is 2. The van der Waals surface area contributed by atoms with Crippen LogP contribution in [0, 0.1) is 35.8 Å². The lowest BCUT2D eigenvalue weighted by Gasteiger charge is -2.41. The van der Waals surface area contributed by atoms with Crippen molar-refractivity contribution in [3.8, 4) is 6.07 Å². The van der Waals surface area contributed by atoms with Crippen molar-refractivity contribution in [2.45, 2.75) is 52.1 Å². The predicted molar refractivity (Wildman–Crippen MR) is 129 cm³/mol. The first-order chi connectivity index (χ1) is 16.8. The molecule has 0 spiro atoms. The molecule has 2 fully saturated rings. The van der Waals surface area contributed by atoms with Gasteiger partial charge in [0.2, 0.25) is 5.91 Å². The van der Waals surface area contributed by atoms with Gasteiger partial charge in [0, 0.05) is 49.4 Å². The third-order valence-electron chi connectivity index (χ3n) is 7.17. The van der Waals surface area contributed by atoms with Crippen molar-refractivity contribution in [2.75, 3.05) is 25.0 Å². The molecule has 1 saturated heterocycles. The minimum Gasteiger partial charge on any atom is -0.337 e. The zero-order valence-corrected chi connectivity index (χ0v) is 20.1. The summed E-state index contributed by atoms with van der Waals surface area (Å²) in [6.45, 7) is 6.42. The number of carbonyl (C=O) groups is 2. The molecule has 2 aliphatic rings. The Hall–Kier alpha value is -3.31. The molecule has 6 nitrogen and oxygen atoms in total. The topological polar surface area (TPSA) is 76.4 Å². The maximum Gasteiger partial charge on any atom is 0.255 e. The van der Waals surface area contributed by atoms with Crippen LogP contribution in [-0.4, -0.2) is 47.3 Å². The standard InChI is InChI=1S/C27H30F2N4O2/c1-17-15-32(9-10-33(17)27(35)19-5-3-4-6-19)16-22-12-23(28)13-25(18(22)2)31-26(34)20-7-8-24(29)21(11-20)14-30/h7-8,11-13,17,19H,3-6,9-10,15-16H2,1-2H3,(H,31,34)/t17-/m0/s1. The summed E-state index contributed by atoms with van der Waals surface area (Å²) in [7, 11) is 0. The van der Waals surface area contributed by atoms with Crippen molar-refractivity contribution in [1.82, 2.24) is 9.80 Å². The minimum atomic E-state index is -0.701. The lowest BCUT2D eigenvalue weighted by molar-refractivity contribution is -0.140. The Kier molecular flexibility index (Phi) is 7.46. The fourth-order valence-electron chi connectivity index (χ4n) is 5.13. The summed E-state index contributed by atoms with van der Waals surface area (Å²) in [4.78, 5) is 29.8. The summed E-state index contributed by atoms with van der Waals surface area (Å²) in [5, 5.41) is 11.7. The van der Waals surface area contributed by atoms with E-state index in [-0.39, 0.29) is 29.0 Å². The highest BCUT2D eigenvalue weighted by Crippen LogP contribution is 2.29. The van der Waals surface area contributed by atoms with Crippen LogP contribution in [0.25, 0.3) is 0 Å². The van der Waals surface area contributed by atoms with Crippen molar-refractivity contribution >= 4 is 17.5 Å². The number of hydrogen-bond donors (Lipinski definition) is 1. The van der Waals surface area contributed by atoms with E-state index in [0.29, 0.717) is 31.9 Å². The van der Waals surface area contributed by atoms with Crippen molar-refractivity contribution in [2.24, 2.45) is 5.92 Å². The Balaban J connectivity index is 1.44. The molecule has 1 saturated carbocycles. The number of rotatable bonds is 5. The highest BCUT2D eigenvalue weighted by Gasteiger charge is 2.33. The van der Waals surface area contributed by atoms with Gasteiger partial charge in [0.05, 0.1) is 5.56 Å². The number of nitriles is 1. The van der Waals surface area contributed by atoms with Gasteiger partial charge in [-0.2, -0.15) is 5.26 Å². The van der Waals surface area contributed by atoms with Crippen molar-refractivity contribution < 1.29 is 18.4 Å². The van der Waals surface area contributed by atoms with Gasteiger partial charge in [0.1, 0.15) is 17.7 Å². The molecule has 184 valence electrons. The molecule has 1 aliphatic carbocycles. The van der Waals surface area contributed by atoms with Gasteiger partial charge in [-0.3, -0.25) is 14.5 Å². The molecule has 8 heteroatoms.